The highest BCUT2D eigenvalue weighted by molar-refractivity contribution is 7.83. The smallest absolute Gasteiger partial charge is 0.180 e. The molecule has 24 heavy (non-hydrogen) atoms. The lowest BCUT2D eigenvalue weighted by molar-refractivity contribution is 0.586. The summed E-state index contributed by atoms with van der Waals surface area (Å²) in [6.45, 7) is 3.07. The predicted molar refractivity (Wildman–Crippen MR) is 86.2 cm³/mol. The van der Waals surface area contributed by atoms with E-state index < -0.39 is 21.0 Å². The Morgan fingerprint density at radius 2 is 1.04 bits per heavy atom. The van der Waals surface area contributed by atoms with Gasteiger partial charge in [0, 0.05) is 0 Å². The molecule has 130 valence electrons. The summed E-state index contributed by atoms with van der Waals surface area (Å²) in [4.78, 5) is 0. The molecule has 0 spiro atoms. The first-order chi connectivity index (χ1) is 10.9. The van der Waals surface area contributed by atoms with Crippen molar-refractivity contribution in [2.45, 2.75) is 13.8 Å². The highest BCUT2D eigenvalue weighted by atomic mass is 32.3. The van der Waals surface area contributed by atoms with Gasteiger partial charge < -0.3 is 0 Å². The number of hydrogen-bond donors (Lipinski definition) is 0. The monoisotopic (exact) mass is 380 g/mol. The van der Waals surface area contributed by atoms with Gasteiger partial charge in [-0.2, -0.15) is 8.42 Å². The van der Waals surface area contributed by atoms with Crippen LogP contribution in [0, 0.1) is 13.8 Å². The third kappa shape index (κ3) is 5.03. The molecule has 0 atom stereocenters. The quantitative estimate of drug-likeness (QED) is 0.506. The molecular formula is C14H12F4N2O2S2. The van der Waals surface area contributed by atoms with Gasteiger partial charge in [-0.3, -0.25) is 0 Å². The molecule has 0 unspecified atom stereocenters. The van der Waals surface area contributed by atoms with Crippen LogP contribution in [0.4, 0.5) is 26.9 Å². The van der Waals surface area contributed by atoms with Crippen LogP contribution in [0.15, 0.2) is 45.1 Å². The molecule has 2 rings (SSSR count). The highest BCUT2D eigenvalue weighted by Gasteiger charge is 2.09. The number of halogens is 4. The molecule has 2 aromatic carbocycles. The lowest BCUT2D eigenvalue weighted by Crippen LogP contribution is -1.85. The third-order valence-electron chi connectivity index (χ3n) is 3.14. The van der Waals surface area contributed by atoms with Crippen LogP contribution in [0.2, 0.25) is 0 Å². The van der Waals surface area contributed by atoms with Crippen LogP contribution in [0.1, 0.15) is 11.1 Å². The van der Waals surface area contributed by atoms with Crippen LogP contribution in [-0.2, 0) is 21.0 Å². The van der Waals surface area contributed by atoms with Gasteiger partial charge >= 0.3 is 21.0 Å². The highest BCUT2D eigenvalue weighted by Crippen LogP contribution is 2.31. The van der Waals surface area contributed by atoms with E-state index in [0.29, 0.717) is 22.3 Å². The van der Waals surface area contributed by atoms with Crippen molar-refractivity contribution in [3.8, 4) is 11.1 Å². The van der Waals surface area contributed by atoms with Crippen LogP contribution in [0.25, 0.3) is 11.1 Å². The van der Waals surface area contributed by atoms with Crippen LogP contribution in [0.5, 0.6) is 0 Å². The zero-order valence-electron chi connectivity index (χ0n) is 12.5. The topological polar surface area (TPSA) is 58.9 Å². The van der Waals surface area contributed by atoms with E-state index in [1.54, 1.807) is 12.1 Å². The van der Waals surface area contributed by atoms with E-state index in [2.05, 4.69) is 8.73 Å². The van der Waals surface area contributed by atoms with E-state index in [9.17, 15) is 24.0 Å². The van der Waals surface area contributed by atoms with E-state index in [4.69, 9.17) is 0 Å². The molecule has 0 aromatic heterocycles. The second-order valence-electron chi connectivity index (χ2n) is 4.98. The molecule has 4 nitrogen and oxygen atoms in total. The van der Waals surface area contributed by atoms with Gasteiger partial charge in [-0.1, -0.05) is 27.7 Å². The SMILES string of the molecule is Cc1cc(-c2ccc(N=S(=O)(F)F)c(C)c2)ccc1N=S(=O)(F)F. The molecule has 0 fully saturated rings. The molecule has 0 bridgehead atoms. The Bertz CT molecular complexity index is 938. The van der Waals surface area contributed by atoms with Crippen LogP contribution >= 0.6 is 0 Å². The van der Waals surface area contributed by atoms with E-state index in [0.717, 1.165) is 0 Å². The number of benzene rings is 2. The summed E-state index contributed by atoms with van der Waals surface area (Å²) in [5, 5.41) is 0. The Hall–Kier alpha value is -1.94. The van der Waals surface area contributed by atoms with Crippen molar-refractivity contribution in [3.05, 3.63) is 47.5 Å². The maximum atomic E-state index is 12.5. The maximum Gasteiger partial charge on any atom is 0.371 e. The third-order valence-corrected chi connectivity index (χ3v) is 3.95. The van der Waals surface area contributed by atoms with Gasteiger partial charge in [0.2, 0.25) is 0 Å². The minimum absolute atomic E-state index is 0.0910. The Kier molecular flexibility index (Phi) is 5.00. The van der Waals surface area contributed by atoms with Crippen molar-refractivity contribution in [1.82, 2.24) is 0 Å². The van der Waals surface area contributed by atoms with Crippen molar-refractivity contribution < 1.29 is 24.0 Å². The number of hydrogen-bond acceptors (Lipinski definition) is 4. The molecule has 0 aliphatic rings. The second-order valence-corrected chi connectivity index (χ2v) is 6.93. The standard InChI is InChI=1S/C14H12F4N2O2S2/c1-9-7-11(3-5-13(9)19-23(15,16)21)12-4-6-14(10(2)8-12)20-24(17,18)22/h3-8H,1-2H3. The molecule has 0 radical (unpaired) electrons. The Balaban J connectivity index is 2.47. The number of rotatable bonds is 3. The average Bonchev–Trinajstić information content (AvgIpc) is 2.40. The minimum atomic E-state index is -5.24. The minimum Gasteiger partial charge on any atom is -0.180 e. The molecule has 2 aromatic rings. The molecule has 10 heteroatoms. The van der Waals surface area contributed by atoms with E-state index in [1.165, 1.54) is 38.1 Å². The summed E-state index contributed by atoms with van der Waals surface area (Å²) < 4.78 is 76.7. The molecule has 0 aliphatic heterocycles. The summed E-state index contributed by atoms with van der Waals surface area (Å²) >= 11 is 0. The van der Waals surface area contributed by atoms with Gasteiger partial charge in [0.15, 0.2) is 0 Å². The molecule has 0 aliphatic carbocycles. The molecular weight excluding hydrogens is 368 g/mol. The van der Waals surface area contributed by atoms with Crippen LogP contribution in [-0.4, -0.2) is 8.42 Å². The van der Waals surface area contributed by atoms with Gasteiger partial charge in [0.1, 0.15) is 0 Å². The number of nitrogens with zero attached hydrogens (tertiary/aromatic N) is 2. The van der Waals surface area contributed by atoms with Crippen molar-refractivity contribution in [3.63, 3.8) is 0 Å². The molecule has 0 heterocycles. The summed E-state index contributed by atoms with van der Waals surface area (Å²) in [6, 6.07) is 8.71. The van der Waals surface area contributed by atoms with Crippen molar-refractivity contribution >= 4 is 32.4 Å². The lowest BCUT2D eigenvalue weighted by Gasteiger charge is -2.08. The van der Waals surface area contributed by atoms with Gasteiger partial charge in [-0.15, -0.1) is 8.73 Å². The fourth-order valence-corrected chi connectivity index (χ4v) is 2.97. The normalized spacial score (nSPS) is 12.1. The van der Waals surface area contributed by atoms with Gasteiger partial charge in [-0.05, 0) is 60.4 Å². The fourth-order valence-electron chi connectivity index (χ4n) is 2.10. The largest absolute Gasteiger partial charge is 0.371 e. The summed E-state index contributed by atoms with van der Waals surface area (Å²) in [7, 11) is -10.5. The predicted octanol–water partition coefficient (Wildman–Crippen LogP) is 5.71. The van der Waals surface area contributed by atoms with Crippen molar-refractivity contribution in [1.29, 1.82) is 0 Å². The van der Waals surface area contributed by atoms with Crippen molar-refractivity contribution in [2.24, 2.45) is 8.73 Å². The maximum absolute atomic E-state index is 12.5. The van der Waals surface area contributed by atoms with Gasteiger partial charge in [-0.25, -0.2) is 0 Å². The molecule has 0 saturated heterocycles. The van der Waals surface area contributed by atoms with Crippen molar-refractivity contribution in [2.75, 3.05) is 0 Å². The van der Waals surface area contributed by atoms with Crippen LogP contribution < -0.4 is 0 Å². The summed E-state index contributed by atoms with van der Waals surface area (Å²) in [5.74, 6) is 0. The Morgan fingerprint density at radius 3 is 1.29 bits per heavy atom. The second kappa shape index (κ2) is 6.52. The van der Waals surface area contributed by atoms with Crippen LogP contribution in [0.3, 0.4) is 0 Å². The van der Waals surface area contributed by atoms with Gasteiger partial charge in [0.05, 0.1) is 11.4 Å². The summed E-state index contributed by atoms with van der Waals surface area (Å²) in [5.41, 5.74) is 1.85. The first kappa shape index (κ1) is 18.4. The zero-order valence-corrected chi connectivity index (χ0v) is 14.1. The molecule has 0 amide bonds. The molecule has 0 N–H and O–H groups in total. The average molecular weight is 380 g/mol. The Morgan fingerprint density at radius 1 is 0.708 bits per heavy atom. The molecule has 0 saturated carbocycles. The van der Waals surface area contributed by atoms with E-state index >= 15 is 0 Å². The first-order valence-corrected chi connectivity index (χ1v) is 9.12. The number of aryl methyl sites for hydroxylation is 2. The van der Waals surface area contributed by atoms with E-state index in [-0.39, 0.29) is 11.4 Å². The Labute approximate surface area is 138 Å². The van der Waals surface area contributed by atoms with E-state index in [1.807, 2.05) is 0 Å². The first-order valence-electron chi connectivity index (χ1n) is 6.49. The zero-order chi connectivity index (χ0) is 18.1. The summed E-state index contributed by atoms with van der Waals surface area (Å²) in [6.07, 6.45) is 0. The lowest BCUT2D eigenvalue weighted by atomic mass is 10.0. The fraction of sp³-hybridized carbons (Fsp3) is 0.143. The van der Waals surface area contributed by atoms with Gasteiger partial charge in [0.25, 0.3) is 0 Å².